The van der Waals surface area contributed by atoms with Gasteiger partial charge >= 0.3 is 0 Å². The van der Waals surface area contributed by atoms with Crippen LogP contribution in [0.5, 0.6) is 0 Å². The fourth-order valence-corrected chi connectivity index (χ4v) is 2.82. The second kappa shape index (κ2) is 7.74. The van der Waals surface area contributed by atoms with Gasteiger partial charge in [0, 0.05) is 38.1 Å². The molecule has 1 amide bonds. The first-order valence-corrected chi connectivity index (χ1v) is 7.34. The predicted octanol–water partition coefficient (Wildman–Crippen LogP) is 1.35. The highest BCUT2D eigenvalue weighted by Crippen LogP contribution is 2.25. The standard InChI is InChI=1S/C14H29N3O/c1-4-17(5-2)14(18)9-13(10-15)16-12-7-6-11(3)8-12/h11-13,16H,4-10,15H2,1-3H3. The van der Waals surface area contributed by atoms with Gasteiger partial charge in [-0.3, -0.25) is 4.79 Å². The van der Waals surface area contributed by atoms with Gasteiger partial charge in [0.1, 0.15) is 0 Å². The minimum Gasteiger partial charge on any atom is -0.343 e. The molecule has 3 N–H and O–H groups in total. The summed E-state index contributed by atoms with van der Waals surface area (Å²) in [5.41, 5.74) is 5.78. The van der Waals surface area contributed by atoms with Crippen LogP contribution in [-0.4, -0.2) is 42.5 Å². The van der Waals surface area contributed by atoms with E-state index in [1.54, 1.807) is 0 Å². The lowest BCUT2D eigenvalue weighted by Crippen LogP contribution is -2.45. The van der Waals surface area contributed by atoms with Gasteiger partial charge in [-0.05, 0) is 39.0 Å². The molecule has 0 aromatic heterocycles. The van der Waals surface area contributed by atoms with Crippen molar-refractivity contribution in [3.63, 3.8) is 0 Å². The third-order valence-electron chi connectivity index (χ3n) is 3.99. The first kappa shape index (κ1) is 15.4. The minimum absolute atomic E-state index is 0.133. The van der Waals surface area contributed by atoms with Crippen molar-refractivity contribution in [1.29, 1.82) is 0 Å². The highest BCUT2D eigenvalue weighted by molar-refractivity contribution is 5.76. The van der Waals surface area contributed by atoms with Crippen molar-refractivity contribution in [2.75, 3.05) is 19.6 Å². The number of rotatable bonds is 7. The Morgan fingerprint density at radius 2 is 2.06 bits per heavy atom. The third-order valence-corrected chi connectivity index (χ3v) is 3.99. The number of nitrogens with one attached hydrogen (secondary N) is 1. The van der Waals surface area contributed by atoms with E-state index in [4.69, 9.17) is 5.73 Å². The summed E-state index contributed by atoms with van der Waals surface area (Å²) in [6, 6.07) is 0.687. The predicted molar refractivity (Wildman–Crippen MR) is 75.3 cm³/mol. The molecule has 1 fully saturated rings. The van der Waals surface area contributed by atoms with Crippen molar-refractivity contribution >= 4 is 5.91 Å². The zero-order valence-corrected chi connectivity index (χ0v) is 12.1. The maximum absolute atomic E-state index is 12.0. The van der Waals surface area contributed by atoms with E-state index in [9.17, 15) is 4.79 Å². The Morgan fingerprint density at radius 3 is 2.50 bits per heavy atom. The molecule has 0 aromatic carbocycles. The maximum Gasteiger partial charge on any atom is 0.224 e. The summed E-state index contributed by atoms with van der Waals surface area (Å²) in [7, 11) is 0. The molecule has 0 aromatic rings. The average molecular weight is 255 g/mol. The molecule has 1 aliphatic rings. The fourth-order valence-electron chi connectivity index (χ4n) is 2.82. The van der Waals surface area contributed by atoms with Crippen LogP contribution in [0.15, 0.2) is 0 Å². The van der Waals surface area contributed by atoms with Gasteiger partial charge < -0.3 is 16.0 Å². The van der Waals surface area contributed by atoms with Crippen LogP contribution in [0.4, 0.5) is 0 Å². The Balaban J connectivity index is 2.39. The van der Waals surface area contributed by atoms with E-state index in [-0.39, 0.29) is 11.9 Å². The molecule has 0 radical (unpaired) electrons. The van der Waals surface area contributed by atoms with Gasteiger partial charge in [-0.2, -0.15) is 0 Å². The lowest BCUT2D eigenvalue weighted by molar-refractivity contribution is -0.131. The molecule has 0 heterocycles. The molecule has 18 heavy (non-hydrogen) atoms. The number of nitrogens with zero attached hydrogens (tertiary/aromatic N) is 1. The van der Waals surface area contributed by atoms with Crippen molar-refractivity contribution in [1.82, 2.24) is 10.2 Å². The van der Waals surface area contributed by atoms with E-state index in [2.05, 4.69) is 12.2 Å². The normalized spacial score (nSPS) is 25.1. The van der Waals surface area contributed by atoms with Gasteiger partial charge in [0.15, 0.2) is 0 Å². The molecule has 0 saturated heterocycles. The van der Waals surface area contributed by atoms with Gasteiger partial charge in [0.05, 0.1) is 0 Å². The topological polar surface area (TPSA) is 58.4 Å². The number of hydrogen-bond donors (Lipinski definition) is 2. The van der Waals surface area contributed by atoms with Crippen molar-refractivity contribution in [3.8, 4) is 0 Å². The number of nitrogens with two attached hydrogens (primary N) is 1. The van der Waals surface area contributed by atoms with Crippen LogP contribution in [0.25, 0.3) is 0 Å². The van der Waals surface area contributed by atoms with E-state index in [0.29, 0.717) is 19.0 Å². The average Bonchev–Trinajstić information content (AvgIpc) is 2.75. The summed E-state index contributed by atoms with van der Waals surface area (Å²) >= 11 is 0. The van der Waals surface area contributed by atoms with E-state index in [1.807, 2.05) is 18.7 Å². The molecule has 1 rings (SSSR count). The molecule has 0 aliphatic heterocycles. The smallest absolute Gasteiger partial charge is 0.224 e. The zero-order valence-electron chi connectivity index (χ0n) is 12.1. The maximum atomic E-state index is 12.0. The highest BCUT2D eigenvalue weighted by Gasteiger charge is 2.24. The summed E-state index contributed by atoms with van der Waals surface area (Å²) < 4.78 is 0. The number of carbonyl (C=O) groups excluding carboxylic acids is 1. The molecule has 4 nitrogen and oxygen atoms in total. The zero-order chi connectivity index (χ0) is 13.5. The van der Waals surface area contributed by atoms with Gasteiger partial charge in [0.25, 0.3) is 0 Å². The lowest BCUT2D eigenvalue weighted by Gasteiger charge is -2.25. The van der Waals surface area contributed by atoms with Crippen molar-refractivity contribution in [3.05, 3.63) is 0 Å². The second-order valence-corrected chi connectivity index (χ2v) is 5.48. The van der Waals surface area contributed by atoms with E-state index in [1.165, 1.54) is 19.3 Å². The van der Waals surface area contributed by atoms with Gasteiger partial charge in [-0.1, -0.05) is 6.92 Å². The molecule has 1 saturated carbocycles. The van der Waals surface area contributed by atoms with E-state index >= 15 is 0 Å². The molecule has 3 atom stereocenters. The van der Waals surface area contributed by atoms with Crippen molar-refractivity contribution in [2.24, 2.45) is 11.7 Å². The Kier molecular flexibility index (Phi) is 6.65. The van der Waals surface area contributed by atoms with Crippen LogP contribution in [0.2, 0.25) is 0 Å². The Hall–Kier alpha value is -0.610. The molecule has 0 bridgehead atoms. The monoisotopic (exact) mass is 255 g/mol. The van der Waals surface area contributed by atoms with Crippen LogP contribution in [0.1, 0.15) is 46.5 Å². The van der Waals surface area contributed by atoms with Crippen molar-refractivity contribution < 1.29 is 4.79 Å². The summed E-state index contributed by atoms with van der Waals surface area (Å²) in [5.74, 6) is 1.02. The Bertz CT molecular complexity index is 253. The largest absolute Gasteiger partial charge is 0.343 e. The van der Waals surface area contributed by atoms with Crippen LogP contribution >= 0.6 is 0 Å². The van der Waals surface area contributed by atoms with Crippen molar-refractivity contribution in [2.45, 2.75) is 58.5 Å². The first-order chi connectivity index (χ1) is 8.60. The summed E-state index contributed by atoms with van der Waals surface area (Å²) in [6.07, 6.45) is 4.26. The van der Waals surface area contributed by atoms with Gasteiger partial charge in [-0.15, -0.1) is 0 Å². The first-order valence-electron chi connectivity index (χ1n) is 7.34. The third kappa shape index (κ3) is 4.58. The highest BCUT2D eigenvalue weighted by atomic mass is 16.2. The fraction of sp³-hybridized carbons (Fsp3) is 0.929. The van der Waals surface area contributed by atoms with E-state index in [0.717, 1.165) is 19.0 Å². The molecular weight excluding hydrogens is 226 g/mol. The van der Waals surface area contributed by atoms with E-state index < -0.39 is 0 Å². The quantitative estimate of drug-likeness (QED) is 0.722. The molecule has 1 aliphatic carbocycles. The van der Waals surface area contributed by atoms with Crippen LogP contribution in [-0.2, 0) is 4.79 Å². The molecule has 4 heteroatoms. The second-order valence-electron chi connectivity index (χ2n) is 5.48. The summed E-state index contributed by atoms with van der Waals surface area (Å²) in [4.78, 5) is 13.9. The molecule has 0 spiro atoms. The number of carbonyl (C=O) groups is 1. The lowest BCUT2D eigenvalue weighted by atomic mass is 10.1. The molecule has 106 valence electrons. The Labute approximate surface area is 111 Å². The molecule has 3 unspecified atom stereocenters. The SMILES string of the molecule is CCN(CC)C(=O)CC(CN)NC1CCC(C)C1. The summed E-state index contributed by atoms with van der Waals surface area (Å²) in [6.45, 7) is 8.44. The molecular formula is C14H29N3O. The Morgan fingerprint density at radius 1 is 1.39 bits per heavy atom. The minimum atomic E-state index is 0.133. The number of amides is 1. The van der Waals surface area contributed by atoms with Crippen LogP contribution < -0.4 is 11.1 Å². The number of hydrogen-bond acceptors (Lipinski definition) is 3. The van der Waals surface area contributed by atoms with Crippen LogP contribution in [0.3, 0.4) is 0 Å². The van der Waals surface area contributed by atoms with Crippen LogP contribution in [0, 0.1) is 5.92 Å². The van der Waals surface area contributed by atoms with Gasteiger partial charge in [0.2, 0.25) is 5.91 Å². The van der Waals surface area contributed by atoms with Gasteiger partial charge in [-0.25, -0.2) is 0 Å². The summed E-state index contributed by atoms with van der Waals surface area (Å²) in [5, 5.41) is 3.56.